The molecule has 0 aromatic carbocycles. The van der Waals surface area contributed by atoms with Crippen molar-refractivity contribution < 1.29 is 29.0 Å². The maximum Gasteiger partial charge on any atom is 0.312 e. The standard InChI is InChI=1S/C20H32N2O6/c1-6-27-18(26)14-13-17(25)22(8-7-9-23)15(16(24)21-11(2)3)20(13)10-12(4)19(14,5)28-20/h11-15,23H,6-10H2,1-5H3,(H,21,24)/t12?,13-,14-,15?,19+,20?/m0/s1. The predicted octanol–water partition coefficient (Wildman–Crippen LogP) is 0.467. The van der Waals surface area contributed by atoms with E-state index in [0.29, 0.717) is 12.8 Å². The first-order valence-electron chi connectivity index (χ1n) is 10.2. The fourth-order valence-corrected chi connectivity index (χ4v) is 5.47. The molecule has 2 amide bonds. The van der Waals surface area contributed by atoms with Gasteiger partial charge >= 0.3 is 5.97 Å². The second-order valence-corrected chi connectivity index (χ2v) is 8.73. The fraction of sp³-hybridized carbons (Fsp3) is 0.850. The summed E-state index contributed by atoms with van der Waals surface area (Å²) < 4.78 is 11.8. The van der Waals surface area contributed by atoms with Gasteiger partial charge in [-0.05, 0) is 46.5 Å². The molecule has 0 radical (unpaired) electrons. The van der Waals surface area contributed by atoms with Crippen LogP contribution in [0.4, 0.5) is 0 Å². The topological polar surface area (TPSA) is 105 Å². The molecule has 3 heterocycles. The van der Waals surface area contributed by atoms with E-state index in [1.54, 1.807) is 6.92 Å². The number of fused-ring (bicyclic) bond motifs is 1. The predicted molar refractivity (Wildman–Crippen MR) is 100 cm³/mol. The molecule has 158 valence electrons. The van der Waals surface area contributed by atoms with Gasteiger partial charge in [-0.1, -0.05) is 6.92 Å². The lowest BCUT2D eigenvalue weighted by atomic mass is 9.62. The van der Waals surface area contributed by atoms with Gasteiger partial charge in [-0.2, -0.15) is 0 Å². The first-order valence-corrected chi connectivity index (χ1v) is 10.2. The number of nitrogens with zero attached hydrogens (tertiary/aromatic N) is 1. The van der Waals surface area contributed by atoms with Crippen LogP contribution in [0.15, 0.2) is 0 Å². The van der Waals surface area contributed by atoms with Crippen LogP contribution < -0.4 is 5.32 Å². The van der Waals surface area contributed by atoms with Crippen LogP contribution in [0.5, 0.6) is 0 Å². The van der Waals surface area contributed by atoms with Crippen molar-refractivity contribution in [1.29, 1.82) is 0 Å². The lowest BCUT2D eigenvalue weighted by molar-refractivity contribution is -0.161. The molecule has 28 heavy (non-hydrogen) atoms. The molecule has 6 atom stereocenters. The Morgan fingerprint density at radius 3 is 2.68 bits per heavy atom. The van der Waals surface area contributed by atoms with Gasteiger partial charge < -0.3 is 24.8 Å². The van der Waals surface area contributed by atoms with Crippen LogP contribution in [0, 0.1) is 17.8 Å². The van der Waals surface area contributed by atoms with Gasteiger partial charge in [0, 0.05) is 19.2 Å². The zero-order chi connectivity index (χ0) is 20.9. The van der Waals surface area contributed by atoms with Gasteiger partial charge in [0.05, 0.1) is 18.1 Å². The number of aliphatic hydroxyl groups is 1. The number of hydrogen-bond acceptors (Lipinski definition) is 6. The van der Waals surface area contributed by atoms with E-state index in [4.69, 9.17) is 9.47 Å². The van der Waals surface area contributed by atoms with E-state index >= 15 is 0 Å². The number of ether oxygens (including phenoxy) is 2. The summed E-state index contributed by atoms with van der Waals surface area (Å²) in [7, 11) is 0. The number of aliphatic hydroxyl groups excluding tert-OH is 1. The number of likely N-dealkylation sites (tertiary alicyclic amines) is 1. The summed E-state index contributed by atoms with van der Waals surface area (Å²) in [6.07, 6.45) is 0.887. The average molecular weight is 396 g/mol. The monoisotopic (exact) mass is 396 g/mol. The van der Waals surface area contributed by atoms with Gasteiger partial charge in [0.1, 0.15) is 17.6 Å². The molecule has 8 nitrogen and oxygen atoms in total. The molecule has 0 saturated carbocycles. The minimum atomic E-state index is -1.04. The van der Waals surface area contributed by atoms with Crippen LogP contribution in [0.25, 0.3) is 0 Å². The van der Waals surface area contributed by atoms with E-state index in [1.807, 2.05) is 27.7 Å². The Morgan fingerprint density at radius 2 is 2.11 bits per heavy atom. The Morgan fingerprint density at radius 1 is 1.43 bits per heavy atom. The second-order valence-electron chi connectivity index (χ2n) is 8.73. The highest BCUT2D eigenvalue weighted by molar-refractivity contribution is 5.98. The van der Waals surface area contributed by atoms with E-state index in [9.17, 15) is 19.5 Å². The van der Waals surface area contributed by atoms with Crippen molar-refractivity contribution in [2.45, 2.75) is 70.7 Å². The summed E-state index contributed by atoms with van der Waals surface area (Å²) in [5, 5.41) is 12.2. The van der Waals surface area contributed by atoms with Crippen LogP contribution in [0.2, 0.25) is 0 Å². The molecular weight excluding hydrogens is 364 g/mol. The normalized spacial score (nSPS) is 38.8. The Hall–Kier alpha value is -1.67. The number of esters is 1. The molecule has 2 N–H and O–H groups in total. The number of hydrogen-bond donors (Lipinski definition) is 2. The van der Waals surface area contributed by atoms with Gasteiger partial charge in [-0.15, -0.1) is 0 Å². The third kappa shape index (κ3) is 2.84. The SMILES string of the molecule is CCOC(=O)[C@@H]1[C@H]2C(=O)N(CCCO)C(C(=O)NC(C)C)C23CC(C)[C@@]1(C)O3. The maximum absolute atomic E-state index is 13.4. The van der Waals surface area contributed by atoms with Gasteiger partial charge in [0.25, 0.3) is 0 Å². The summed E-state index contributed by atoms with van der Waals surface area (Å²) in [5.41, 5.74) is -1.89. The highest BCUT2D eigenvalue weighted by Gasteiger charge is 2.80. The Labute approximate surface area is 165 Å². The molecule has 0 aromatic rings. The molecule has 3 rings (SSSR count). The number of carbonyl (C=O) groups excluding carboxylic acids is 3. The van der Waals surface area contributed by atoms with Crippen LogP contribution in [-0.4, -0.2) is 70.8 Å². The van der Waals surface area contributed by atoms with Gasteiger partial charge in [-0.25, -0.2) is 0 Å². The molecule has 3 saturated heterocycles. The van der Waals surface area contributed by atoms with Crippen LogP contribution in [-0.2, 0) is 23.9 Å². The van der Waals surface area contributed by atoms with Gasteiger partial charge in [-0.3, -0.25) is 14.4 Å². The molecule has 0 aromatic heterocycles. The summed E-state index contributed by atoms with van der Waals surface area (Å²) in [6.45, 7) is 9.69. The molecule has 3 fully saturated rings. The molecule has 2 bridgehead atoms. The van der Waals surface area contributed by atoms with Crippen molar-refractivity contribution in [1.82, 2.24) is 10.2 Å². The summed E-state index contributed by atoms with van der Waals surface area (Å²) in [4.78, 5) is 40.9. The van der Waals surface area contributed by atoms with Crippen molar-refractivity contribution >= 4 is 17.8 Å². The second kappa shape index (κ2) is 7.30. The number of nitrogens with one attached hydrogen (secondary N) is 1. The molecule has 1 spiro atoms. The van der Waals surface area contributed by atoms with E-state index in [2.05, 4.69) is 5.32 Å². The maximum atomic E-state index is 13.4. The third-order valence-electron chi connectivity index (χ3n) is 6.59. The van der Waals surface area contributed by atoms with Crippen LogP contribution in [0.1, 0.15) is 47.5 Å². The molecule has 0 aliphatic carbocycles. The van der Waals surface area contributed by atoms with Crippen molar-refractivity contribution in [2.24, 2.45) is 17.8 Å². The number of rotatable bonds is 7. The highest BCUT2D eigenvalue weighted by atomic mass is 16.6. The number of carbonyl (C=O) groups is 3. The molecular formula is C20H32N2O6. The van der Waals surface area contributed by atoms with Crippen molar-refractivity contribution in [3.63, 3.8) is 0 Å². The number of amides is 2. The minimum absolute atomic E-state index is 0.00176. The lowest BCUT2D eigenvalue weighted by Gasteiger charge is -2.35. The van der Waals surface area contributed by atoms with E-state index in [-0.39, 0.29) is 43.5 Å². The molecule has 3 unspecified atom stereocenters. The van der Waals surface area contributed by atoms with Crippen molar-refractivity contribution in [3.05, 3.63) is 0 Å². The summed E-state index contributed by atoms with van der Waals surface area (Å²) >= 11 is 0. The lowest BCUT2D eigenvalue weighted by Crippen LogP contribution is -2.56. The van der Waals surface area contributed by atoms with E-state index < -0.39 is 35.0 Å². The first kappa shape index (κ1) is 21.0. The smallest absolute Gasteiger partial charge is 0.312 e. The average Bonchev–Trinajstić information content (AvgIpc) is 3.10. The fourth-order valence-electron chi connectivity index (χ4n) is 5.47. The zero-order valence-electron chi connectivity index (χ0n) is 17.4. The van der Waals surface area contributed by atoms with Crippen LogP contribution in [0.3, 0.4) is 0 Å². The first-order chi connectivity index (χ1) is 13.1. The Kier molecular flexibility index (Phi) is 5.49. The van der Waals surface area contributed by atoms with E-state index in [1.165, 1.54) is 4.90 Å². The third-order valence-corrected chi connectivity index (χ3v) is 6.59. The molecule has 8 heteroatoms. The highest BCUT2D eigenvalue weighted by Crippen LogP contribution is 2.65. The quantitative estimate of drug-likeness (QED) is 0.606. The summed E-state index contributed by atoms with van der Waals surface area (Å²) in [5.74, 6) is -2.45. The Balaban J connectivity index is 2.06. The van der Waals surface area contributed by atoms with Crippen molar-refractivity contribution in [2.75, 3.05) is 19.8 Å². The molecule has 3 aliphatic rings. The largest absolute Gasteiger partial charge is 0.466 e. The minimum Gasteiger partial charge on any atom is -0.466 e. The Bertz CT molecular complexity index is 667. The molecule has 3 aliphatic heterocycles. The van der Waals surface area contributed by atoms with Crippen LogP contribution >= 0.6 is 0 Å². The van der Waals surface area contributed by atoms with Gasteiger partial charge in [0.2, 0.25) is 11.8 Å². The summed E-state index contributed by atoms with van der Waals surface area (Å²) in [6, 6.07) is -0.909. The van der Waals surface area contributed by atoms with Gasteiger partial charge in [0.15, 0.2) is 0 Å². The zero-order valence-corrected chi connectivity index (χ0v) is 17.4. The van der Waals surface area contributed by atoms with Crippen molar-refractivity contribution in [3.8, 4) is 0 Å². The van der Waals surface area contributed by atoms with E-state index in [0.717, 1.165) is 0 Å².